The monoisotopic (exact) mass is 453 g/mol. The molecule has 0 aliphatic heterocycles. The third-order valence-corrected chi connectivity index (χ3v) is 4.20. The van der Waals surface area contributed by atoms with Gasteiger partial charge in [0.25, 0.3) is 0 Å². The zero-order chi connectivity index (χ0) is 14.9. The number of nitrogens with two attached hydrogens (primary N) is 1. The van der Waals surface area contributed by atoms with Gasteiger partial charge in [-0.25, -0.2) is 9.78 Å². The van der Waals surface area contributed by atoms with Gasteiger partial charge >= 0.3 is 6.09 Å². The van der Waals surface area contributed by atoms with Crippen molar-refractivity contribution in [2.75, 3.05) is 5.73 Å². The number of aromatic nitrogens is 3. The lowest BCUT2D eigenvalue weighted by atomic mass is 10.2. The minimum absolute atomic E-state index is 0.151. The SMILES string of the molecule is C[C@H](CCn1nc(Br)c2c(N)ncc(I)c21)NC(=O)O. The number of halogens is 2. The van der Waals surface area contributed by atoms with E-state index in [1.807, 2.05) is 11.6 Å². The van der Waals surface area contributed by atoms with Crippen molar-refractivity contribution in [2.24, 2.45) is 0 Å². The lowest BCUT2D eigenvalue weighted by molar-refractivity contribution is 0.189. The molecular formula is C11H13BrIN5O2. The molecule has 2 heterocycles. The molecule has 0 saturated carbocycles. The molecule has 0 saturated heterocycles. The molecule has 1 amide bonds. The summed E-state index contributed by atoms with van der Waals surface area (Å²) in [6.07, 6.45) is 1.31. The van der Waals surface area contributed by atoms with Crippen molar-refractivity contribution < 1.29 is 9.90 Å². The molecule has 20 heavy (non-hydrogen) atoms. The first-order valence-electron chi connectivity index (χ1n) is 5.85. The summed E-state index contributed by atoms with van der Waals surface area (Å²) < 4.78 is 3.41. The molecule has 0 aromatic carbocycles. The number of fused-ring (bicyclic) bond motifs is 1. The quantitative estimate of drug-likeness (QED) is 0.616. The highest BCUT2D eigenvalue weighted by molar-refractivity contribution is 14.1. The van der Waals surface area contributed by atoms with Crippen molar-refractivity contribution >= 4 is 61.3 Å². The van der Waals surface area contributed by atoms with Crippen LogP contribution in [0.4, 0.5) is 10.6 Å². The minimum atomic E-state index is -1.02. The topological polar surface area (TPSA) is 106 Å². The van der Waals surface area contributed by atoms with E-state index in [0.29, 0.717) is 23.4 Å². The number of nitrogens with zero attached hydrogens (tertiary/aromatic N) is 3. The number of nitrogen functional groups attached to an aromatic ring is 1. The Bertz CT molecular complexity index is 660. The van der Waals surface area contributed by atoms with Crippen molar-refractivity contribution in [3.8, 4) is 0 Å². The van der Waals surface area contributed by atoms with Crippen molar-refractivity contribution in [1.82, 2.24) is 20.1 Å². The largest absolute Gasteiger partial charge is 0.465 e. The standard InChI is InChI=1S/C11H13BrIN5O2/c1-5(16-11(19)20)2-3-18-8-6(13)4-15-10(14)7(8)9(12)17-18/h4-5,16H,2-3H2,1H3,(H2,14,15)(H,19,20)/t5-/m1/s1. The summed E-state index contributed by atoms with van der Waals surface area (Å²) in [7, 11) is 0. The second-order valence-electron chi connectivity index (χ2n) is 4.37. The van der Waals surface area contributed by atoms with Gasteiger partial charge in [-0.05, 0) is 51.9 Å². The van der Waals surface area contributed by atoms with Gasteiger partial charge in [0, 0.05) is 18.8 Å². The molecule has 9 heteroatoms. The van der Waals surface area contributed by atoms with Crippen LogP contribution in [-0.4, -0.2) is 32.0 Å². The zero-order valence-corrected chi connectivity index (χ0v) is 14.3. The summed E-state index contributed by atoms with van der Waals surface area (Å²) >= 11 is 5.57. The Kier molecular flexibility index (Phi) is 4.68. The molecule has 2 rings (SSSR count). The summed E-state index contributed by atoms with van der Waals surface area (Å²) in [5.41, 5.74) is 6.78. The van der Waals surface area contributed by atoms with Gasteiger partial charge in [-0.3, -0.25) is 4.68 Å². The number of hydrogen-bond donors (Lipinski definition) is 3. The third-order valence-electron chi connectivity index (χ3n) is 2.85. The fourth-order valence-corrected chi connectivity index (χ4v) is 3.18. The van der Waals surface area contributed by atoms with Crippen molar-refractivity contribution in [1.29, 1.82) is 0 Å². The van der Waals surface area contributed by atoms with Gasteiger partial charge in [-0.15, -0.1) is 0 Å². The molecule has 0 radical (unpaired) electrons. The third kappa shape index (κ3) is 3.14. The van der Waals surface area contributed by atoms with Gasteiger partial charge in [0.05, 0.1) is 14.5 Å². The minimum Gasteiger partial charge on any atom is -0.465 e. The van der Waals surface area contributed by atoms with Gasteiger partial charge in [0.15, 0.2) is 0 Å². The second kappa shape index (κ2) is 6.12. The molecule has 4 N–H and O–H groups in total. The molecule has 0 bridgehead atoms. The predicted octanol–water partition coefficient (Wildman–Crippen LogP) is 2.43. The maximum absolute atomic E-state index is 10.6. The zero-order valence-electron chi connectivity index (χ0n) is 10.6. The number of carbonyl (C=O) groups is 1. The lowest BCUT2D eigenvalue weighted by Crippen LogP contribution is -2.31. The highest BCUT2D eigenvalue weighted by Gasteiger charge is 2.16. The molecule has 0 aliphatic rings. The first-order valence-corrected chi connectivity index (χ1v) is 7.72. The Morgan fingerprint density at radius 2 is 2.40 bits per heavy atom. The van der Waals surface area contributed by atoms with E-state index in [9.17, 15) is 4.79 Å². The number of pyridine rings is 1. The van der Waals surface area contributed by atoms with Crippen molar-refractivity contribution in [3.05, 3.63) is 14.4 Å². The number of nitrogens with one attached hydrogen (secondary N) is 1. The lowest BCUT2D eigenvalue weighted by Gasteiger charge is -2.11. The van der Waals surface area contributed by atoms with E-state index >= 15 is 0 Å². The second-order valence-corrected chi connectivity index (χ2v) is 6.28. The molecule has 7 nitrogen and oxygen atoms in total. The van der Waals surface area contributed by atoms with E-state index in [1.165, 1.54) is 0 Å². The first kappa shape index (κ1) is 15.3. The maximum Gasteiger partial charge on any atom is 0.404 e. The highest BCUT2D eigenvalue weighted by atomic mass is 127. The molecule has 2 aromatic heterocycles. The number of anilines is 1. The first-order chi connectivity index (χ1) is 9.40. The number of rotatable bonds is 4. The molecule has 0 unspecified atom stereocenters. The molecular weight excluding hydrogens is 441 g/mol. The Labute approximate surface area is 137 Å². The van der Waals surface area contributed by atoms with E-state index in [1.54, 1.807) is 6.20 Å². The van der Waals surface area contributed by atoms with Gasteiger partial charge in [0.2, 0.25) is 0 Å². The summed E-state index contributed by atoms with van der Waals surface area (Å²) in [4.78, 5) is 14.7. The molecule has 0 fully saturated rings. The van der Waals surface area contributed by atoms with Gasteiger partial charge in [-0.1, -0.05) is 0 Å². The predicted molar refractivity (Wildman–Crippen MR) is 87.6 cm³/mol. The van der Waals surface area contributed by atoms with Crippen LogP contribution >= 0.6 is 38.5 Å². The van der Waals surface area contributed by atoms with Crippen LogP contribution in [0.25, 0.3) is 10.9 Å². The maximum atomic E-state index is 10.6. The van der Waals surface area contributed by atoms with E-state index in [2.05, 4.69) is 53.9 Å². The Balaban J connectivity index is 2.27. The van der Waals surface area contributed by atoms with Crippen LogP contribution in [0.3, 0.4) is 0 Å². The van der Waals surface area contributed by atoms with Crippen LogP contribution < -0.4 is 11.1 Å². The number of hydrogen-bond acceptors (Lipinski definition) is 4. The smallest absolute Gasteiger partial charge is 0.404 e. The van der Waals surface area contributed by atoms with Crippen LogP contribution in [0.15, 0.2) is 10.8 Å². The highest BCUT2D eigenvalue weighted by Crippen LogP contribution is 2.30. The molecule has 2 aromatic rings. The Morgan fingerprint density at radius 3 is 3.05 bits per heavy atom. The van der Waals surface area contributed by atoms with Crippen LogP contribution in [0.1, 0.15) is 13.3 Å². The molecule has 0 aliphatic carbocycles. The van der Waals surface area contributed by atoms with Crippen LogP contribution in [0.5, 0.6) is 0 Å². The van der Waals surface area contributed by atoms with Gasteiger partial charge in [0.1, 0.15) is 10.4 Å². The van der Waals surface area contributed by atoms with Crippen LogP contribution in [0.2, 0.25) is 0 Å². The normalized spacial score (nSPS) is 12.6. The van der Waals surface area contributed by atoms with Gasteiger partial charge in [-0.2, -0.15) is 5.10 Å². The van der Waals surface area contributed by atoms with Crippen molar-refractivity contribution in [3.63, 3.8) is 0 Å². The average Bonchev–Trinajstić information content (AvgIpc) is 2.69. The van der Waals surface area contributed by atoms with Crippen LogP contribution in [0, 0.1) is 3.57 Å². The molecule has 1 atom stereocenters. The number of carboxylic acid groups (broad SMARTS) is 1. The molecule has 0 spiro atoms. The Morgan fingerprint density at radius 1 is 1.70 bits per heavy atom. The number of amides is 1. The summed E-state index contributed by atoms with van der Waals surface area (Å²) in [5, 5.41) is 16.3. The Hall–Kier alpha value is -1.10. The van der Waals surface area contributed by atoms with Gasteiger partial charge < -0.3 is 16.2 Å². The van der Waals surface area contributed by atoms with E-state index < -0.39 is 6.09 Å². The van der Waals surface area contributed by atoms with Crippen molar-refractivity contribution in [2.45, 2.75) is 25.9 Å². The van der Waals surface area contributed by atoms with Crippen LogP contribution in [-0.2, 0) is 6.54 Å². The fourth-order valence-electron chi connectivity index (χ4n) is 1.92. The van der Waals surface area contributed by atoms with E-state index in [0.717, 1.165) is 14.5 Å². The average molecular weight is 454 g/mol. The summed E-state index contributed by atoms with van der Waals surface area (Å²) in [5.74, 6) is 0.426. The fraction of sp³-hybridized carbons (Fsp3) is 0.364. The summed E-state index contributed by atoms with van der Waals surface area (Å²) in [6.45, 7) is 2.40. The van der Waals surface area contributed by atoms with E-state index in [4.69, 9.17) is 10.8 Å². The molecule has 108 valence electrons. The number of aryl methyl sites for hydroxylation is 1. The summed E-state index contributed by atoms with van der Waals surface area (Å²) in [6, 6.07) is -0.151. The van der Waals surface area contributed by atoms with E-state index in [-0.39, 0.29) is 6.04 Å².